The molecular weight excluding hydrogens is 466 g/mol. The van der Waals surface area contributed by atoms with Crippen LogP contribution in [0.3, 0.4) is 0 Å². The summed E-state index contributed by atoms with van der Waals surface area (Å²) in [4.78, 5) is 18.3. The van der Waals surface area contributed by atoms with E-state index in [1.807, 2.05) is 48.7 Å². The highest BCUT2D eigenvalue weighted by Crippen LogP contribution is 2.53. The van der Waals surface area contributed by atoms with E-state index in [0.717, 1.165) is 50.8 Å². The summed E-state index contributed by atoms with van der Waals surface area (Å²) in [5.74, 6) is 0. The van der Waals surface area contributed by atoms with Crippen molar-refractivity contribution in [1.29, 1.82) is 0 Å². The van der Waals surface area contributed by atoms with Gasteiger partial charge in [0.05, 0.1) is 22.7 Å². The Bertz CT molecular complexity index is 1810. The number of benzene rings is 5. The maximum absolute atomic E-state index is 13.8. The zero-order valence-corrected chi connectivity index (χ0v) is 21.0. The predicted octanol–water partition coefficient (Wildman–Crippen LogP) is 8.55. The summed E-state index contributed by atoms with van der Waals surface area (Å²) < 4.78 is 1.75. The third-order valence-electron chi connectivity index (χ3n) is 7.23. The Morgan fingerprint density at radius 1 is 0.474 bits per heavy atom. The van der Waals surface area contributed by atoms with E-state index < -0.39 is 0 Å². The molecule has 0 amide bonds. The van der Waals surface area contributed by atoms with E-state index in [9.17, 15) is 4.79 Å². The molecule has 38 heavy (non-hydrogen) atoms. The van der Waals surface area contributed by atoms with Crippen molar-refractivity contribution in [2.45, 2.75) is 6.92 Å². The Morgan fingerprint density at radius 2 is 0.947 bits per heavy atom. The number of hydrogen-bond donors (Lipinski definition) is 0. The Kier molecular flexibility index (Phi) is 5.12. The van der Waals surface area contributed by atoms with Gasteiger partial charge in [0.25, 0.3) is 5.56 Å². The lowest BCUT2D eigenvalue weighted by atomic mass is 10.0. The summed E-state index contributed by atoms with van der Waals surface area (Å²) in [5.41, 5.74) is 8.25. The summed E-state index contributed by atoms with van der Waals surface area (Å²) in [5, 5.41) is 1.67. The molecule has 1 aliphatic rings. The fraction of sp³-hybridized carbons (Fsp3) is 0.0294. The van der Waals surface area contributed by atoms with Crippen LogP contribution in [0.5, 0.6) is 0 Å². The number of nitrogens with zero attached hydrogens (tertiary/aromatic N) is 3. The van der Waals surface area contributed by atoms with Crippen LogP contribution in [0.25, 0.3) is 16.5 Å². The van der Waals surface area contributed by atoms with Gasteiger partial charge in [-0.25, -0.2) is 0 Å². The molecule has 0 unspecified atom stereocenters. The second kappa shape index (κ2) is 8.79. The van der Waals surface area contributed by atoms with Crippen LogP contribution in [0.15, 0.2) is 138 Å². The Labute approximate surface area is 221 Å². The standard InChI is InChI=1S/C34H25N3O/c1-24-23-35(25-12-4-2-5-13-25)34(38)29-22-27(20-21-28(24)29)37-32-18-10-8-16-30(32)36(26-14-6-3-7-15-26)31-17-9-11-19-33(31)37/h2-23H,1H3. The largest absolute Gasteiger partial charge is 0.306 e. The Morgan fingerprint density at radius 3 is 1.50 bits per heavy atom. The average Bonchev–Trinajstić information content (AvgIpc) is 2.98. The fourth-order valence-corrected chi connectivity index (χ4v) is 5.50. The molecule has 0 aliphatic carbocycles. The average molecular weight is 492 g/mol. The highest BCUT2D eigenvalue weighted by atomic mass is 16.1. The molecule has 1 aromatic heterocycles. The van der Waals surface area contributed by atoms with Crippen LogP contribution >= 0.6 is 0 Å². The molecule has 6 aromatic rings. The number of para-hydroxylation sites is 6. The summed E-state index contributed by atoms with van der Waals surface area (Å²) in [6.07, 6.45) is 1.93. The van der Waals surface area contributed by atoms with Crippen molar-refractivity contribution in [3.05, 3.63) is 150 Å². The van der Waals surface area contributed by atoms with Gasteiger partial charge in [-0.15, -0.1) is 0 Å². The molecule has 2 heterocycles. The number of fused-ring (bicyclic) bond motifs is 3. The third kappa shape index (κ3) is 3.42. The molecule has 4 nitrogen and oxygen atoms in total. The van der Waals surface area contributed by atoms with Crippen LogP contribution in [0, 0.1) is 6.92 Å². The molecule has 0 spiro atoms. The van der Waals surface area contributed by atoms with Crippen LogP contribution in [0.4, 0.5) is 34.1 Å². The Balaban J connectivity index is 1.47. The quantitative estimate of drug-likeness (QED) is 0.248. The van der Waals surface area contributed by atoms with Crippen molar-refractivity contribution >= 4 is 44.9 Å². The van der Waals surface area contributed by atoms with Crippen LogP contribution in [-0.4, -0.2) is 4.57 Å². The van der Waals surface area contributed by atoms with Crippen molar-refractivity contribution in [1.82, 2.24) is 4.57 Å². The molecule has 0 saturated heterocycles. The van der Waals surface area contributed by atoms with Crippen LogP contribution in [-0.2, 0) is 0 Å². The van der Waals surface area contributed by atoms with Crippen LogP contribution in [0.2, 0.25) is 0 Å². The van der Waals surface area contributed by atoms with Crippen molar-refractivity contribution < 1.29 is 0 Å². The van der Waals surface area contributed by atoms with Gasteiger partial charge in [-0.05, 0) is 78.5 Å². The molecule has 7 rings (SSSR count). The van der Waals surface area contributed by atoms with E-state index in [1.54, 1.807) is 4.57 Å². The van der Waals surface area contributed by atoms with E-state index in [-0.39, 0.29) is 5.56 Å². The highest BCUT2D eigenvalue weighted by Gasteiger charge is 2.30. The van der Waals surface area contributed by atoms with Gasteiger partial charge >= 0.3 is 0 Å². The molecule has 5 aromatic carbocycles. The SMILES string of the molecule is Cc1cn(-c2ccccc2)c(=O)c2cc(N3c4ccccc4N(c4ccccc4)c4ccccc43)ccc12. The molecule has 0 atom stereocenters. The first-order chi connectivity index (χ1) is 18.7. The van der Waals surface area contributed by atoms with Gasteiger partial charge < -0.3 is 9.80 Å². The lowest BCUT2D eigenvalue weighted by Gasteiger charge is -2.40. The first kappa shape index (κ1) is 22.1. The normalized spacial score (nSPS) is 12.3. The predicted molar refractivity (Wildman–Crippen MR) is 157 cm³/mol. The minimum Gasteiger partial charge on any atom is -0.306 e. The van der Waals surface area contributed by atoms with E-state index in [1.165, 1.54) is 0 Å². The number of aryl methyl sites for hydroxylation is 1. The number of anilines is 6. The summed E-state index contributed by atoms with van der Waals surface area (Å²) in [7, 11) is 0. The van der Waals surface area contributed by atoms with Crippen LogP contribution in [0.1, 0.15) is 5.56 Å². The van der Waals surface area contributed by atoms with E-state index in [2.05, 4.69) is 102 Å². The Hall–Kier alpha value is -5.09. The molecule has 0 radical (unpaired) electrons. The molecule has 4 heteroatoms. The lowest BCUT2D eigenvalue weighted by Crippen LogP contribution is -2.24. The maximum atomic E-state index is 13.8. The minimum absolute atomic E-state index is 0.0249. The second-order valence-corrected chi connectivity index (χ2v) is 9.54. The van der Waals surface area contributed by atoms with E-state index >= 15 is 0 Å². The fourth-order valence-electron chi connectivity index (χ4n) is 5.50. The van der Waals surface area contributed by atoms with E-state index in [4.69, 9.17) is 0 Å². The van der Waals surface area contributed by atoms with Gasteiger partial charge in [-0.1, -0.05) is 66.7 Å². The summed E-state index contributed by atoms with van der Waals surface area (Å²) >= 11 is 0. The van der Waals surface area contributed by atoms with Crippen molar-refractivity contribution in [3.8, 4) is 5.69 Å². The monoisotopic (exact) mass is 491 g/mol. The van der Waals surface area contributed by atoms with Crippen LogP contribution < -0.4 is 15.4 Å². The zero-order chi connectivity index (χ0) is 25.6. The van der Waals surface area contributed by atoms with Gasteiger partial charge in [0.15, 0.2) is 0 Å². The second-order valence-electron chi connectivity index (χ2n) is 9.54. The molecule has 0 N–H and O–H groups in total. The first-order valence-electron chi connectivity index (χ1n) is 12.8. The lowest BCUT2D eigenvalue weighted by molar-refractivity contribution is 0.996. The number of rotatable bonds is 3. The number of hydrogen-bond acceptors (Lipinski definition) is 3. The molecule has 182 valence electrons. The molecule has 1 aliphatic heterocycles. The van der Waals surface area contributed by atoms with Crippen molar-refractivity contribution in [3.63, 3.8) is 0 Å². The molecule has 0 saturated carbocycles. The minimum atomic E-state index is -0.0249. The maximum Gasteiger partial charge on any atom is 0.263 e. The summed E-state index contributed by atoms with van der Waals surface area (Å²) in [6.45, 7) is 2.06. The number of pyridine rings is 1. The molecule has 0 fully saturated rings. The van der Waals surface area contributed by atoms with E-state index in [0.29, 0.717) is 5.39 Å². The van der Waals surface area contributed by atoms with Gasteiger partial charge in [0, 0.05) is 28.6 Å². The smallest absolute Gasteiger partial charge is 0.263 e. The number of aromatic nitrogens is 1. The highest BCUT2D eigenvalue weighted by molar-refractivity contribution is 6.02. The van der Waals surface area contributed by atoms with Crippen molar-refractivity contribution in [2.75, 3.05) is 9.80 Å². The van der Waals surface area contributed by atoms with Crippen molar-refractivity contribution in [2.24, 2.45) is 0 Å². The van der Waals surface area contributed by atoms with Gasteiger partial charge in [-0.2, -0.15) is 0 Å². The first-order valence-corrected chi connectivity index (χ1v) is 12.8. The topological polar surface area (TPSA) is 28.5 Å². The van der Waals surface area contributed by atoms with Gasteiger partial charge in [0.2, 0.25) is 0 Å². The third-order valence-corrected chi connectivity index (χ3v) is 7.23. The van der Waals surface area contributed by atoms with Gasteiger partial charge in [-0.3, -0.25) is 9.36 Å². The van der Waals surface area contributed by atoms with Gasteiger partial charge in [0.1, 0.15) is 0 Å². The molecular formula is C34H25N3O. The summed E-state index contributed by atoms with van der Waals surface area (Å²) in [6, 6.07) is 43.3. The molecule has 0 bridgehead atoms. The zero-order valence-electron chi connectivity index (χ0n) is 21.0.